The minimum atomic E-state index is -0.706. The summed E-state index contributed by atoms with van der Waals surface area (Å²) in [6.45, 7) is 8.77. The average Bonchev–Trinajstić information content (AvgIpc) is 2.64. The first-order valence-electron chi connectivity index (χ1n) is 9.11. The molecule has 0 saturated carbocycles. The number of nitrogens with one attached hydrogen (secondary N) is 4. The lowest BCUT2D eigenvalue weighted by Gasteiger charge is -2.28. The van der Waals surface area contributed by atoms with Gasteiger partial charge in [0, 0.05) is 11.4 Å². The molecule has 0 radical (unpaired) electrons. The number of rotatable bonds is 8. The Morgan fingerprint density at radius 3 is 1.85 bits per heavy atom. The monoisotopic (exact) mass is 380 g/mol. The highest BCUT2D eigenvalue weighted by atomic mass is 16.3. The highest BCUT2D eigenvalue weighted by molar-refractivity contribution is 5.94. The number of benzene rings is 1. The molecule has 27 heavy (non-hydrogen) atoms. The number of carbonyl (C=O) groups excluding carboxylic acids is 2. The van der Waals surface area contributed by atoms with E-state index in [0.29, 0.717) is 24.2 Å². The fourth-order valence-corrected chi connectivity index (χ4v) is 2.18. The average molecular weight is 380 g/mol. The number of hydrogen-bond donors (Lipinski definition) is 6. The Kier molecular flexibility index (Phi) is 8.05. The molecule has 0 aliphatic rings. The van der Waals surface area contributed by atoms with Crippen molar-refractivity contribution in [3.8, 4) is 0 Å². The standard InChI is InChI=1S/C19H32N4O4/c1-6-18(4,11-24)22-16(26)20-14-9-8-13(3)15(10-14)21-17(27)23-19(5,7-2)12-25/h8-10,24-25H,6-7,11-12H2,1-5H3,(H2,20,22,26)(H2,21,23,27)/t18-,19+/m0/s1. The number of urea groups is 2. The summed E-state index contributed by atoms with van der Waals surface area (Å²) in [5.74, 6) is 0. The van der Waals surface area contributed by atoms with Crippen LogP contribution in [0, 0.1) is 6.92 Å². The minimum absolute atomic E-state index is 0.168. The summed E-state index contributed by atoms with van der Waals surface area (Å²) in [5, 5.41) is 29.7. The van der Waals surface area contributed by atoms with Crippen LogP contribution < -0.4 is 21.3 Å². The number of anilines is 2. The molecule has 8 nitrogen and oxygen atoms in total. The van der Waals surface area contributed by atoms with Crippen LogP contribution in [0.1, 0.15) is 46.1 Å². The second-order valence-corrected chi connectivity index (χ2v) is 7.33. The lowest BCUT2D eigenvalue weighted by Crippen LogP contribution is -2.50. The van der Waals surface area contributed by atoms with Gasteiger partial charge in [-0.1, -0.05) is 19.9 Å². The molecule has 6 N–H and O–H groups in total. The smallest absolute Gasteiger partial charge is 0.319 e. The molecule has 0 aromatic heterocycles. The third-order valence-electron chi connectivity index (χ3n) is 4.83. The van der Waals surface area contributed by atoms with Crippen LogP contribution in [-0.4, -0.2) is 46.6 Å². The Hall–Kier alpha value is -2.32. The molecule has 152 valence electrons. The Balaban J connectivity index is 2.82. The summed E-state index contributed by atoms with van der Waals surface area (Å²) in [5.41, 5.74) is 0.465. The van der Waals surface area contributed by atoms with Gasteiger partial charge in [-0.2, -0.15) is 0 Å². The molecular formula is C19H32N4O4. The van der Waals surface area contributed by atoms with E-state index in [0.717, 1.165) is 5.56 Å². The fraction of sp³-hybridized carbons (Fsp3) is 0.579. The van der Waals surface area contributed by atoms with Crippen LogP contribution in [0.2, 0.25) is 0 Å². The van der Waals surface area contributed by atoms with E-state index in [-0.39, 0.29) is 13.2 Å². The topological polar surface area (TPSA) is 123 Å². The maximum absolute atomic E-state index is 12.2. The highest BCUT2D eigenvalue weighted by Crippen LogP contribution is 2.21. The van der Waals surface area contributed by atoms with E-state index < -0.39 is 23.1 Å². The lowest BCUT2D eigenvalue weighted by atomic mass is 10.0. The van der Waals surface area contributed by atoms with Gasteiger partial charge in [0.1, 0.15) is 0 Å². The Bertz CT molecular complexity index is 655. The molecule has 1 aromatic carbocycles. The van der Waals surface area contributed by atoms with Crippen molar-refractivity contribution < 1.29 is 19.8 Å². The van der Waals surface area contributed by atoms with Crippen molar-refractivity contribution in [3.05, 3.63) is 23.8 Å². The molecule has 0 aliphatic carbocycles. The van der Waals surface area contributed by atoms with E-state index in [1.807, 2.05) is 20.8 Å². The normalized spacial score (nSPS) is 15.2. The van der Waals surface area contributed by atoms with Crippen molar-refractivity contribution in [1.82, 2.24) is 10.6 Å². The summed E-state index contributed by atoms with van der Waals surface area (Å²) in [6, 6.07) is 4.29. The maximum Gasteiger partial charge on any atom is 0.319 e. The van der Waals surface area contributed by atoms with Gasteiger partial charge in [-0.25, -0.2) is 9.59 Å². The van der Waals surface area contributed by atoms with Gasteiger partial charge >= 0.3 is 12.1 Å². The number of aryl methyl sites for hydroxylation is 1. The minimum Gasteiger partial charge on any atom is -0.394 e. The first-order valence-corrected chi connectivity index (χ1v) is 9.11. The van der Waals surface area contributed by atoms with Crippen molar-refractivity contribution in [1.29, 1.82) is 0 Å². The lowest BCUT2D eigenvalue weighted by molar-refractivity contribution is 0.172. The molecule has 8 heteroatoms. The van der Waals surface area contributed by atoms with E-state index in [9.17, 15) is 19.8 Å². The largest absolute Gasteiger partial charge is 0.394 e. The molecule has 0 fully saturated rings. The van der Waals surface area contributed by atoms with E-state index in [4.69, 9.17) is 0 Å². The SMILES string of the molecule is CC[C@@](C)(CO)NC(=O)Nc1ccc(C)c(NC(=O)N[C@](C)(CC)CO)c1. The van der Waals surface area contributed by atoms with Gasteiger partial charge in [-0.05, 0) is 51.3 Å². The number of carbonyl (C=O) groups is 2. The van der Waals surface area contributed by atoms with E-state index in [1.165, 1.54) is 0 Å². The summed E-state index contributed by atoms with van der Waals surface area (Å²) < 4.78 is 0. The number of hydrogen-bond acceptors (Lipinski definition) is 4. The molecule has 0 saturated heterocycles. The quantitative estimate of drug-likeness (QED) is 0.415. The fourth-order valence-electron chi connectivity index (χ4n) is 2.18. The highest BCUT2D eigenvalue weighted by Gasteiger charge is 2.24. The van der Waals surface area contributed by atoms with Crippen LogP contribution in [0.4, 0.5) is 21.0 Å². The first kappa shape index (κ1) is 22.7. The van der Waals surface area contributed by atoms with Crippen LogP contribution in [-0.2, 0) is 0 Å². The zero-order valence-corrected chi connectivity index (χ0v) is 16.8. The Labute approximate surface area is 160 Å². The van der Waals surface area contributed by atoms with Crippen molar-refractivity contribution >= 4 is 23.4 Å². The zero-order chi connectivity index (χ0) is 20.7. The van der Waals surface area contributed by atoms with Crippen molar-refractivity contribution in [2.24, 2.45) is 0 Å². The molecule has 0 bridgehead atoms. The van der Waals surface area contributed by atoms with Gasteiger partial charge in [0.15, 0.2) is 0 Å². The zero-order valence-electron chi connectivity index (χ0n) is 16.8. The summed E-state index contributed by atoms with van der Waals surface area (Å²) >= 11 is 0. The predicted octanol–water partition coefficient (Wildman–Crippen LogP) is 2.56. The third-order valence-corrected chi connectivity index (χ3v) is 4.83. The maximum atomic E-state index is 12.2. The summed E-state index contributed by atoms with van der Waals surface area (Å²) in [7, 11) is 0. The molecule has 0 spiro atoms. The summed E-state index contributed by atoms with van der Waals surface area (Å²) in [6.07, 6.45) is 1.16. The van der Waals surface area contributed by atoms with E-state index >= 15 is 0 Å². The summed E-state index contributed by atoms with van der Waals surface area (Å²) in [4.78, 5) is 24.4. The first-order chi connectivity index (χ1) is 12.6. The van der Waals surface area contributed by atoms with Gasteiger partial charge in [0.2, 0.25) is 0 Å². The third kappa shape index (κ3) is 6.73. The van der Waals surface area contributed by atoms with Crippen molar-refractivity contribution in [3.63, 3.8) is 0 Å². The van der Waals surface area contributed by atoms with Gasteiger partial charge in [-0.3, -0.25) is 0 Å². The van der Waals surface area contributed by atoms with Gasteiger partial charge < -0.3 is 31.5 Å². The Morgan fingerprint density at radius 2 is 1.41 bits per heavy atom. The van der Waals surface area contributed by atoms with Gasteiger partial charge in [-0.15, -0.1) is 0 Å². The van der Waals surface area contributed by atoms with Crippen LogP contribution >= 0.6 is 0 Å². The van der Waals surface area contributed by atoms with Crippen molar-refractivity contribution in [2.75, 3.05) is 23.8 Å². The molecule has 1 rings (SSSR count). The van der Waals surface area contributed by atoms with Crippen LogP contribution in [0.3, 0.4) is 0 Å². The van der Waals surface area contributed by atoms with E-state index in [1.54, 1.807) is 32.0 Å². The van der Waals surface area contributed by atoms with Crippen LogP contribution in [0.25, 0.3) is 0 Å². The predicted molar refractivity (Wildman–Crippen MR) is 107 cm³/mol. The van der Waals surface area contributed by atoms with E-state index in [2.05, 4.69) is 21.3 Å². The second kappa shape index (κ2) is 9.57. The van der Waals surface area contributed by atoms with Gasteiger partial charge in [0.25, 0.3) is 0 Å². The molecule has 0 aliphatic heterocycles. The number of aliphatic hydroxyl groups is 2. The van der Waals surface area contributed by atoms with Crippen LogP contribution in [0.15, 0.2) is 18.2 Å². The molecule has 1 aromatic rings. The molecule has 2 atom stereocenters. The van der Waals surface area contributed by atoms with Crippen molar-refractivity contribution in [2.45, 2.75) is 58.5 Å². The molecular weight excluding hydrogens is 348 g/mol. The number of amides is 4. The van der Waals surface area contributed by atoms with Gasteiger partial charge in [0.05, 0.1) is 24.3 Å². The van der Waals surface area contributed by atoms with Crippen LogP contribution in [0.5, 0.6) is 0 Å². The Morgan fingerprint density at radius 1 is 0.926 bits per heavy atom. The molecule has 4 amide bonds. The second-order valence-electron chi connectivity index (χ2n) is 7.33. The molecule has 0 heterocycles. The number of aliphatic hydroxyl groups excluding tert-OH is 2. The molecule has 0 unspecified atom stereocenters.